The molecule has 2 aliphatic carbocycles. The molecule has 33 heavy (non-hydrogen) atoms. The van der Waals surface area contributed by atoms with E-state index in [1.165, 1.54) is 24.0 Å². The Balaban J connectivity index is 1.05. The monoisotopic (exact) mass is 452 g/mol. The van der Waals surface area contributed by atoms with Gasteiger partial charge in [-0.25, -0.2) is 0 Å². The Morgan fingerprint density at radius 3 is 2.76 bits per heavy atom. The summed E-state index contributed by atoms with van der Waals surface area (Å²) in [7, 11) is 0. The Morgan fingerprint density at radius 2 is 1.91 bits per heavy atom. The highest BCUT2D eigenvalue weighted by atomic mass is 16.7. The zero-order valence-corrected chi connectivity index (χ0v) is 19.8. The first-order valence-electron chi connectivity index (χ1n) is 12.7. The number of nitrogens with zero attached hydrogens (tertiary/aromatic N) is 2. The van der Waals surface area contributed by atoms with E-state index in [1.807, 2.05) is 6.07 Å². The fourth-order valence-corrected chi connectivity index (χ4v) is 7.17. The zero-order valence-electron chi connectivity index (χ0n) is 19.8. The molecule has 5 aliphatic rings. The number of hydrogen-bond acceptors (Lipinski definition) is 6. The fourth-order valence-electron chi connectivity index (χ4n) is 7.17. The summed E-state index contributed by atoms with van der Waals surface area (Å²) in [6.45, 7) is 12.9. The topological polar surface area (TPSA) is 51.2 Å². The van der Waals surface area contributed by atoms with Crippen molar-refractivity contribution in [3.05, 3.63) is 35.9 Å². The lowest BCUT2D eigenvalue weighted by atomic mass is 9.55. The van der Waals surface area contributed by atoms with Gasteiger partial charge in [0.25, 0.3) is 0 Å². The minimum atomic E-state index is 0.0229. The van der Waals surface area contributed by atoms with Crippen LogP contribution in [0.4, 0.5) is 0 Å². The van der Waals surface area contributed by atoms with Crippen LogP contribution >= 0.6 is 0 Å². The third-order valence-electron chi connectivity index (χ3n) is 9.08. The first kappa shape index (κ1) is 21.5. The highest BCUT2D eigenvalue weighted by Gasteiger charge is 2.55. The highest BCUT2D eigenvalue weighted by molar-refractivity contribution is 5.75. The van der Waals surface area contributed by atoms with Crippen molar-refractivity contribution in [1.29, 1.82) is 0 Å². The summed E-state index contributed by atoms with van der Waals surface area (Å²) < 4.78 is 16.9. The molecule has 6 rings (SSSR count). The van der Waals surface area contributed by atoms with Gasteiger partial charge >= 0.3 is 5.97 Å². The van der Waals surface area contributed by atoms with Gasteiger partial charge in [-0.2, -0.15) is 0 Å². The van der Waals surface area contributed by atoms with Gasteiger partial charge in [0, 0.05) is 45.2 Å². The number of carbonyl (C=O) groups excluding carboxylic acids is 1. The summed E-state index contributed by atoms with van der Waals surface area (Å²) in [6, 6.07) is 6.23. The molecular weight excluding hydrogens is 416 g/mol. The predicted octanol–water partition coefficient (Wildman–Crippen LogP) is 3.85. The molecule has 0 spiro atoms. The molecule has 0 aromatic heterocycles. The van der Waals surface area contributed by atoms with E-state index in [0.29, 0.717) is 18.6 Å². The number of rotatable bonds is 4. The van der Waals surface area contributed by atoms with Gasteiger partial charge < -0.3 is 14.2 Å². The van der Waals surface area contributed by atoms with Crippen LogP contribution in [-0.4, -0.2) is 61.4 Å². The van der Waals surface area contributed by atoms with E-state index in [9.17, 15) is 4.79 Å². The lowest BCUT2D eigenvalue weighted by Crippen LogP contribution is -2.49. The van der Waals surface area contributed by atoms with Crippen molar-refractivity contribution < 1.29 is 19.0 Å². The first-order valence-corrected chi connectivity index (χ1v) is 12.7. The van der Waals surface area contributed by atoms with E-state index < -0.39 is 0 Å². The van der Waals surface area contributed by atoms with Crippen LogP contribution in [0.3, 0.4) is 0 Å². The maximum Gasteiger partial charge on any atom is 0.310 e. The van der Waals surface area contributed by atoms with Crippen molar-refractivity contribution in [3.63, 3.8) is 0 Å². The van der Waals surface area contributed by atoms with Gasteiger partial charge in [-0.3, -0.25) is 14.6 Å². The van der Waals surface area contributed by atoms with E-state index in [2.05, 4.69) is 35.4 Å². The Morgan fingerprint density at radius 1 is 1.12 bits per heavy atom. The summed E-state index contributed by atoms with van der Waals surface area (Å²) in [5.41, 5.74) is 2.94. The number of benzene rings is 1. The molecule has 0 unspecified atom stereocenters. The number of allylic oxidation sites excluding steroid dienone is 1. The molecule has 0 N–H and O–H groups in total. The molecule has 0 radical (unpaired) electrons. The molecule has 6 heteroatoms. The zero-order chi connectivity index (χ0) is 22.6. The molecular formula is C27H36N2O4. The summed E-state index contributed by atoms with van der Waals surface area (Å²) in [4.78, 5) is 17.9. The van der Waals surface area contributed by atoms with Crippen LogP contribution in [0.2, 0.25) is 0 Å². The van der Waals surface area contributed by atoms with Gasteiger partial charge in [0.2, 0.25) is 6.79 Å². The second-order valence-electron chi connectivity index (χ2n) is 11.2. The van der Waals surface area contributed by atoms with Crippen LogP contribution < -0.4 is 9.47 Å². The number of piperazine rings is 1. The standard InChI is InChI=1S/C27H36N2O4/c1-18-4-3-7-27(2)14-25-20(13-22(18)27)21(26(30)33-25)16-29-10-8-28(9-11-29)15-19-5-6-23-24(12-19)32-17-31-23/h5-6,12,20-22,25H,1,3-4,7-11,13-17H2,2H3/t20-,21+,22+,25-,27-/m1/s1. The minimum absolute atomic E-state index is 0.0229. The summed E-state index contributed by atoms with van der Waals surface area (Å²) >= 11 is 0. The summed E-state index contributed by atoms with van der Waals surface area (Å²) in [5, 5.41) is 0. The van der Waals surface area contributed by atoms with Crippen molar-refractivity contribution in [2.24, 2.45) is 23.2 Å². The molecule has 6 nitrogen and oxygen atoms in total. The SMILES string of the molecule is C=C1CCC[C@]2(C)C[C@H]3OC(=O)[C@@H](CN4CCN(Cc5ccc6c(c5)OCO6)CC4)[C@H]3C[C@@H]12. The lowest BCUT2D eigenvalue weighted by Gasteiger charge is -2.50. The second kappa shape index (κ2) is 8.31. The number of ether oxygens (including phenoxy) is 3. The number of carbonyl (C=O) groups is 1. The van der Waals surface area contributed by atoms with Gasteiger partial charge in [0.1, 0.15) is 6.10 Å². The molecule has 3 heterocycles. The summed E-state index contributed by atoms with van der Waals surface area (Å²) in [5.74, 6) is 2.67. The van der Waals surface area contributed by atoms with E-state index in [0.717, 1.165) is 70.0 Å². The van der Waals surface area contributed by atoms with Gasteiger partial charge in [0.15, 0.2) is 11.5 Å². The second-order valence-corrected chi connectivity index (χ2v) is 11.2. The van der Waals surface area contributed by atoms with Gasteiger partial charge in [-0.15, -0.1) is 0 Å². The van der Waals surface area contributed by atoms with Crippen molar-refractivity contribution in [2.75, 3.05) is 39.5 Å². The summed E-state index contributed by atoms with van der Waals surface area (Å²) in [6.07, 6.45) is 5.85. The Bertz CT molecular complexity index is 940. The average Bonchev–Trinajstić information content (AvgIpc) is 3.37. The van der Waals surface area contributed by atoms with Crippen molar-refractivity contribution in [2.45, 2.75) is 51.7 Å². The molecule has 2 saturated heterocycles. The quantitative estimate of drug-likeness (QED) is 0.511. The Kier molecular flexibility index (Phi) is 5.41. The number of esters is 1. The molecule has 178 valence electrons. The molecule has 1 aromatic rings. The van der Waals surface area contributed by atoms with Crippen LogP contribution in [0.1, 0.15) is 44.6 Å². The van der Waals surface area contributed by atoms with Crippen LogP contribution in [0, 0.1) is 23.2 Å². The van der Waals surface area contributed by atoms with Crippen LogP contribution in [-0.2, 0) is 16.1 Å². The normalized spacial score (nSPS) is 36.4. The maximum atomic E-state index is 12.9. The fraction of sp³-hybridized carbons (Fsp3) is 0.667. The van der Waals surface area contributed by atoms with Crippen molar-refractivity contribution in [1.82, 2.24) is 9.80 Å². The maximum absolute atomic E-state index is 12.9. The largest absolute Gasteiger partial charge is 0.462 e. The predicted molar refractivity (Wildman–Crippen MR) is 125 cm³/mol. The molecule has 5 atom stereocenters. The van der Waals surface area contributed by atoms with E-state index >= 15 is 0 Å². The van der Waals surface area contributed by atoms with E-state index in [4.69, 9.17) is 14.2 Å². The first-order chi connectivity index (χ1) is 16.0. The van der Waals surface area contributed by atoms with E-state index in [-0.39, 0.29) is 23.4 Å². The lowest BCUT2D eigenvalue weighted by molar-refractivity contribution is -0.146. The third-order valence-corrected chi connectivity index (χ3v) is 9.08. The Hall–Kier alpha value is -2.05. The Labute approximate surface area is 196 Å². The molecule has 1 aromatic carbocycles. The van der Waals surface area contributed by atoms with E-state index in [1.54, 1.807) is 0 Å². The molecule has 0 amide bonds. The van der Waals surface area contributed by atoms with Crippen molar-refractivity contribution in [3.8, 4) is 11.5 Å². The van der Waals surface area contributed by atoms with Gasteiger partial charge in [-0.1, -0.05) is 25.1 Å². The third kappa shape index (κ3) is 3.95. The van der Waals surface area contributed by atoms with Gasteiger partial charge in [-0.05, 0) is 61.1 Å². The molecule has 3 aliphatic heterocycles. The molecule has 2 saturated carbocycles. The van der Waals surface area contributed by atoms with Gasteiger partial charge in [0.05, 0.1) is 5.92 Å². The molecule has 0 bridgehead atoms. The van der Waals surface area contributed by atoms with Crippen LogP contribution in [0.5, 0.6) is 11.5 Å². The van der Waals surface area contributed by atoms with Crippen LogP contribution in [0.15, 0.2) is 30.4 Å². The number of hydrogen-bond donors (Lipinski definition) is 0. The van der Waals surface area contributed by atoms with Crippen LogP contribution in [0.25, 0.3) is 0 Å². The molecule has 4 fully saturated rings. The smallest absolute Gasteiger partial charge is 0.310 e. The average molecular weight is 453 g/mol. The van der Waals surface area contributed by atoms with Crippen molar-refractivity contribution >= 4 is 5.97 Å². The minimum Gasteiger partial charge on any atom is -0.462 e. The highest BCUT2D eigenvalue weighted by Crippen LogP contribution is 2.57. The number of fused-ring (bicyclic) bond motifs is 3.